The molecule has 1 aromatic heterocycles. The van der Waals surface area contributed by atoms with Crippen LogP contribution in [-0.4, -0.2) is 10.9 Å². The molecule has 98 valence electrons. The lowest BCUT2D eigenvalue weighted by atomic mass is 10.1. The van der Waals surface area contributed by atoms with E-state index in [1.54, 1.807) is 24.3 Å². The number of nitrogen functional groups attached to an aromatic ring is 1. The molecule has 0 bridgehead atoms. The molecule has 0 saturated heterocycles. The average Bonchev–Trinajstić information content (AvgIpc) is 2.26. The average molecular weight is 276 g/mol. The Morgan fingerprint density at radius 1 is 1.26 bits per heavy atom. The van der Waals surface area contributed by atoms with Crippen LogP contribution in [-0.2, 0) is 0 Å². The molecule has 5 heteroatoms. The van der Waals surface area contributed by atoms with E-state index in [0.29, 0.717) is 22.1 Å². The minimum Gasteiger partial charge on any atom is -0.398 e. The maximum atomic E-state index is 12.1. The lowest BCUT2D eigenvalue weighted by molar-refractivity contribution is 0.102. The number of carbonyl (C=O) groups is 1. The van der Waals surface area contributed by atoms with E-state index >= 15 is 0 Å². The second-order valence-corrected chi connectivity index (χ2v) is 4.79. The van der Waals surface area contributed by atoms with Crippen LogP contribution in [0.5, 0.6) is 0 Å². The summed E-state index contributed by atoms with van der Waals surface area (Å²) >= 11 is 5.80. The third-order valence-electron chi connectivity index (χ3n) is 2.60. The van der Waals surface area contributed by atoms with E-state index in [9.17, 15) is 4.79 Å². The summed E-state index contributed by atoms with van der Waals surface area (Å²) in [5.41, 5.74) is 8.37. The minimum atomic E-state index is -0.299. The van der Waals surface area contributed by atoms with E-state index in [2.05, 4.69) is 10.3 Å². The van der Waals surface area contributed by atoms with Crippen LogP contribution in [0.1, 0.15) is 21.6 Å². The van der Waals surface area contributed by atoms with Gasteiger partial charge in [0.05, 0.1) is 5.56 Å². The van der Waals surface area contributed by atoms with Crippen LogP contribution in [0.25, 0.3) is 0 Å². The molecule has 1 heterocycles. The van der Waals surface area contributed by atoms with E-state index in [1.165, 1.54) is 0 Å². The van der Waals surface area contributed by atoms with Crippen LogP contribution < -0.4 is 11.1 Å². The number of rotatable bonds is 2. The molecule has 2 aromatic rings. The van der Waals surface area contributed by atoms with E-state index in [4.69, 9.17) is 17.3 Å². The normalized spacial score (nSPS) is 10.3. The summed E-state index contributed by atoms with van der Waals surface area (Å²) in [6, 6.07) is 8.51. The largest absolute Gasteiger partial charge is 0.398 e. The maximum absolute atomic E-state index is 12.1. The number of benzene rings is 1. The SMILES string of the molecule is Cc1cc(C)nc(NC(=O)c2ccc(Cl)cc2N)c1. The molecule has 1 aromatic carbocycles. The van der Waals surface area contributed by atoms with Crippen molar-refractivity contribution in [1.82, 2.24) is 4.98 Å². The molecule has 0 aliphatic carbocycles. The number of aromatic nitrogens is 1. The number of amides is 1. The number of nitrogens with two attached hydrogens (primary N) is 1. The predicted molar refractivity (Wildman–Crippen MR) is 77.5 cm³/mol. The fraction of sp³-hybridized carbons (Fsp3) is 0.143. The summed E-state index contributed by atoms with van der Waals surface area (Å²) < 4.78 is 0. The van der Waals surface area contributed by atoms with Crippen molar-refractivity contribution in [2.75, 3.05) is 11.1 Å². The van der Waals surface area contributed by atoms with Crippen LogP contribution in [0.4, 0.5) is 11.5 Å². The standard InChI is InChI=1S/C14H14ClN3O/c1-8-5-9(2)17-13(6-8)18-14(19)11-4-3-10(15)7-12(11)16/h3-7H,16H2,1-2H3,(H,17,18,19). The first kappa shape index (κ1) is 13.4. The van der Waals surface area contributed by atoms with Gasteiger partial charge in [0, 0.05) is 16.4 Å². The van der Waals surface area contributed by atoms with Crippen molar-refractivity contribution in [2.45, 2.75) is 13.8 Å². The van der Waals surface area contributed by atoms with Gasteiger partial charge in [-0.2, -0.15) is 0 Å². The number of pyridine rings is 1. The summed E-state index contributed by atoms with van der Waals surface area (Å²) in [5, 5.41) is 3.23. The lowest BCUT2D eigenvalue weighted by Crippen LogP contribution is -2.15. The summed E-state index contributed by atoms with van der Waals surface area (Å²) in [7, 11) is 0. The van der Waals surface area contributed by atoms with Gasteiger partial charge < -0.3 is 11.1 Å². The summed E-state index contributed by atoms with van der Waals surface area (Å²) in [5.74, 6) is 0.212. The van der Waals surface area contributed by atoms with Crippen molar-refractivity contribution in [3.05, 3.63) is 52.2 Å². The molecule has 0 fully saturated rings. The molecule has 0 spiro atoms. The minimum absolute atomic E-state index is 0.299. The Kier molecular flexibility index (Phi) is 3.71. The van der Waals surface area contributed by atoms with Crippen LogP contribution in [0.3, 0.4) is 0 Å². The van der Waals surface area contributed by atoms with E-state index in [0.717, 1.165) is 11.3 Å². The number of nitrogens with one attached hydrogen (secondary N) is 1. The zero-order valence-corrected chi connectivity index (χ0v) is 11.5. The smallest absolute Gasteiger partial charge is 0.258 e. The first-order valence-electron chi connectivity index (χ1n) is 5.77. The number of halogens is 1. The quantitative estimate of drug-likeness (QED) is 0.827. The molecular weight excluding hydrogens is 262 g/mol. The Labute approximate surface area is 116 Å². The molecule has 0 radical (unpaired) electrons. The van der Waals surface area contributed by atoms with Gasteiger partial charge >= 0.3 is 0 Å². The second-order valence-electron chi connectivity index (χ2n) is 4.36. The summed E-state index contributed by atoms with van der Waals surface area (Å²) in [6.45, 7) is 3.82. The van der Waals surface area contributed by atoms with Crippen molar-refractivity contribution in [3.63, 3.8) is 0 Å². The van der Waals surface area contributed by atoms with Crippen molar-refractivity contribution < 1.29 is 4.79 Å². The lowest BCUT2D eigenvalue weighted by Gasteiger charge is -2.08. The van der Waals surface area contributed by atoms with E-state index < -0.39 is 0 Å². The van der Waals surface area contributed by atoms with Gasteiger partial charge in [0.2, 0.25) is 0 Å². The van der Waals surface area contributed by atoms with Gasteiger partial charge in [-0.05, 0) is 49.7 Å². The number of hydrogen-bond acceptors (Lipinski definition) is 3. The van der Waals surface area contributed by atoms with Gasteiger partial charge in [0.25, 0.3) is 5.91 Å². The van der Waals surface area contributed by atoms with Crippen LogP contribution in [0.2, 0.25) is 5.02 Å². The Morgan fingerprint density at radius 3 is 2.63 bits per heavy atom. The van der Waals surface area contributed by atoms with Gasteiger partial charge in [-0.1, -0.05) is 11.6 Å². The molecule has 0 aliphatic rings. The van der Waals surface area contributed by atoms with E-state index in [1.807, 2.05) is 19.9 Å². The molecule has 0 atom stereocenters. The van der Waals surface area contributed by atoms with Crippen LogP contribution in [0, 0.1) is 13.8 Å². The highest BCUT2D eigenvalue weighted by molar-refractivity contribution is 6.31. The topological polar surface area (TPSA) is 68.0 Å². The Morgan fingerprint density at radius 2 is 2.00 bits per heavy atom. The zero-order valence-electron chi connectivity index (χ0n) is 10.7. The predicted octanol–water partition coefficient (Wildman–Crippen LogP) is 3.19. The Balaban J connectivity index is 2.25. The Hall–Kier alpha value is -2.07. The van der Waals surface area contributed by atoms with Gasteiger partial charge in [0.15, 0.2) is 0 Å². The molecule has 0 saturated carbocycles. The highest BCUT2D eigenvalue weighted by atomic mass is 35.5. The van der Waals surface area contributed by atoms with Crippen molar-refractivity contribution in [2.24, 2.45) is 0 Å². The number of aryl methyl sites for hydroxylation is 2. The molecule has 0 unspecified atom stereocenters. The summed E-state index contributed by atoms with van der Waals surface area (Å²) in [6.07, 6.45) is 0. The van der Waals surface area contributed by atoms with Crippen molar-refractivity contribution in [3.8, 4) is 0 Å². The van der Waals surface area contributed by atoms with Crippen molar-refractivity contribution in [1.29, 1.82) is 0 Å². The number of hydrogen-bond donors (Lipinski definition) is 2. The first-order chi connectivity index (χ1) is 8.95. The monoisotopic (exact) mass is 275 g/mol. The Bertz CT molecular complexity index is 620. The molecular formula is C14H14ClN3O. The molecule has 2 rings (SSSR count). The molecule has 19 heavy (non-hydrogen) atoms. The second kappa shape index (κ2) is 5.28. The van der Waals surface area contributed by atoms with E-state index in [-0.39, 0.29) is 5.91 Å². The molecule has 4 nitrogen and oxygen atoms in total. The fourth-order valence-electron chi connectivity index (χ4n) is 1.83. The van der Waals surface area contributed by atoms with Crippen molar-refractivity contribution >= 4 is 29.0 Å². The number of nitrogens with zero attached hydrogens (tertiary/aromatic N) is 1. The zero-order chi connectivity index (χ0) is 14.0. The number of anilines is 2. The van der Waals surface area contributed by atoms with Gasteiger partial charge in [-0.3, -0.25) is 4.79 Å². The third-order valence-corrected chi connectivity index (χ3v) is 2.83. The maximum Gasteiger partial charge on any atom is 0.258 e. The van der Waals surface area contributed by atoms with Crippen LogP contribution in [0.15, 0.2) is 30.3 Å². The van der Waals surface area contributed by atoms with Gasteiger partial charge in [-0.15, -0.1) is 0 Å². The van der Waals surface area contributed by atoms with Crippen LogP contribution >= 0.6 is 11.6 Å². The highest BCUT2D eigenvalue weighted by Crippen LogP contribution is 2.19. The van der Waals surface area contributed by atoms with Gasteiger partial charge in [-0.25, -0.2) is 4.98 Å². The number of carbonyl (C=O) groups excluding carboxylic acids is 1. The third kappa shape index (κ3) is 3.23. The fourth-order valence-corrected chi connectivity index (χ4v) is 2.01. The first-order valence-corrected chi connectivity index (χ1v) is 6.15. The molecule has 0 aliphatic heterocycles. The molecule has 3 N–H and O–H groups in total. The summed E-state index contributed by atoms with van der Waals surface area (Å²) in [4.78, 5) is 16.3. The van der Waals surface area contributed by atoms with Gasteiger partial charge in [0.1, 0.15) is 5.82 Å². The molecule has 1 amide bonds. The highest BCUT2D eigenvalue weighted by Gasteiger charge is 2.11.